The van der Waals surface area contributed by atoms with Gasteiger partial charge in [0.1, 0.15) is 0 Å². The quantitative estimate of drug-likeness (QED) is 0.893. The standard InChI is InChI=1S/C14H21ClN2O3S/c1-16(9-12-4-6-14(15)7-5-12)21(19,20)17-8-2-3-13(10-17)11-18/h4-7,13,18H,2-3,8-11H2,1H3. The van der Waals surface area contributed by atoms with Gasteiger partial charge >= 0.3 is 0 Å². The molecule has 1 fully saturated rings. The fourth-order valence-corrected chi connectivity index (χ4v) is 4.10. The van der Waals surface area contributed by atoms with Crippen molar-refractivity contribution in [2.24, 2.45) is 5.92 Å². The van der Waals surface area contributed by atoms with Gasteiger partial charge in [-0.15, -0.1) is 0 Å². The van der Waals surface area contributed by atoms with Crippen LogP contribution in [0.15, 0.2) is 24.3 Å². The van der Waals surface area contributed by atoms with E-state index < -0.39 is 10.2 Å². The van der Waals surface area contributed by atoms with Gasteiger partial charge in [-0.2, -0.15) is 17.0 Å². The molecule has 1 aliphatic heterocycles. The number of nitrogens with zero attached hydrogens (tertiary/aromatic N) is 2. The first kappa shape index (κ1) is 16.7. The lowest BCUT2D eigenvalue weighted by atomic mass is 10.0. The van der Waals surface area contributed by atoms with Crippen LogP contribution in [0.25, 0.3) is 0 Å². The molecule has 1 atom stereocenters. The van der Waals surface area contributed by atoms with E-state index in [1.165, 1.54) is 8.61 Å². The minimum absolute atomic E-state index is 0.0346. The molecule has 0 bridgehead atoms. The predicted octanol–water partition coefficient (Wildman–Crippen LogP) is 1.72. The Morgan fingerprint density at radius 3 is 2.67 bits per heavy atom. The molecule has 1 aromatic rings. The van der Waals surface area contributed by atoms with E-state index in [0.29, 0.717) is 24.7 Å². The highest BCUT2D eigenvalue weighted by atomic mass is 35.5. The van der Waals surface area contributed by atoms with Gasteiger partial charge in [0.25, 0.3) is 10.2 Å². The Bertz CT molecular complexity index is 562. The van der Waals surface area contributed by atoms with Crippen molar-refractivity contribution in [3.05, 3.63) is 34.9 Å². The molecule has 0 amide bonds. The Balaban J connectivity index is 2.05. The monoisotopic (exact) mass is 332 g/mol. The summed E-state index contributed by atoms with van der Waals surface area (Å²) in [7, 11) is -1.91. The highest BCUT2D eigenvalue weighted by Crippen LogP contribution is 2.21. The number of piperidine rings is 1. The third-order valence-corrected chi connectivity index (χ3v) is 5.93. The van der Waals surface area contributed by atoms with Crippen molar-refractivity contribution in [3.63, 3.8) is 0 Å². The maximum Gasteiger partial charge on any atom is 0.282 e. The smallest absolute Gasteiger partial charge is 0.282 e. The van der Waals surface area contributed by atoms with Crippen LogP contribution < -0.4 is 0 Å². The van der Waals surface area contributed by atoms with E-state index in [1.54, 1.807) is 19.2 Å². The van der Waals surface area contributed by atoms with E-state index in [2.05, 4.69) is 0 Å². The molecular weight excluding hydrogens is 312 g/mol. The zero-order valence-corrected chi connectivity index (χ0v) is 13.6. The van der Waals surface area contributed by atoms with E-state index in [-0.39, 0.29) is 12.5 Å². The van der Waals surface area contributed by atoms with Crippen LogP contribution in [-0.4, -0.2) is 48.9 Å². The van der Waals surface area contributed by atoms with E-state index in [9.17, 15) is 13.5 Å². The van der Waals surface area contributed by atoms with Gasteiger partial charge in [-0.1, -0.05) is 23.7 Å². The van der Waals surface area contributed by atoms with Crippen LogP contribution in [0.5, 0.6) is 0 Å². The summed E-state index contributed by atoms with van der Waals surface area (Å²) in [5.41, 5.74) is 0.890. The molecule has 1 aliphatic rings. The summed E-state index contributed by atoms with van der Waals surface area (Å²) in [5.74, 6) is 0.0393. The first-order valence-electron chi connectivity index (χ1n) is 7.00. The minimum Gasteiger partial charge on any atom is -0.396 e. The van der Waals surface area contributed by atoms with Crippen molar-refractivity contribution < 1.29 is 13.5 Å². The molecule has 0 aromatic heterocycles. The molecule has 5 nitrogen and oxygen atoms in total. The molecule has 0 saturated carbocycles. The van der Waals surface area contributed by atoms with Gasteiger partial charge in [0.05, 0.1) is 0 Å². The fourth-order valence-electron chi connectivity index (χ4n) is 2.51. The van der Waals surface area contributed by atoms with Gasteiger partial charge < -0.3 is 5.11 Å². The maximum atomic E-state index is 12.6. The van der Waals surface area contributed by atoms with Crippen molar-refractivity contribution in [2.45, 2.75) is 19.4 Å². The Hall–Kier alpha value is -0.660. The fraction of sp³-hybridized carbons (Fsp3) is 0.571. The van der Waals surface area contributed by atoms with Crippen molar-refractivity contribution in [2.75, 3.05) is 26.7 Å². The Morgan fingerprint density at radius 1 is 1.38 bits per heavy atom. The normalized spacial score (nSPS) is 20.9. The van der Waals surface area contributed by atoms with Gasteiger partial charge in [-0.05, 0) is 36.5 Å². The summed E-state index contributed by atoms with van der Waals surface area (Å²) < 4.78 is 27.9. The summed E-state index contributed by atoms with van der Waals surface area (Å²) in [6, 6.07) is 7.14. The van der Waals surface area contributed by atoms with Crippen LogP contribution in [0.1, 0.15) is 18.4 Å². The lowest BCUT2D eigenvalue weighted by Gasteiger charge is -2.33. The summed E-state index contributed by atoms with van der Waals surface area (Å²) in [4.78, 5) is 0. The Kier molecular flexibility index (Phi) is 5.62. The molecule has 2 rings (SSSR count). The second-order valence-corrected chi connectivity index (χ2v) is 7.91. The van der Waals surface area contributed by atoms with E-state index in [1.807, 2.05) is 12.1 Å². The second-order valence-electron chi connectivity index (χ2n) is 5.44. The van der Waals surface area contributed by atoms with E-state index >= 15 is 0 Å². The molecule has 0 spiro atoms. The molecule has 7 heteroatoms. The van der Waals surface area contributed by atoms with Crippen molar-refractivity contribution in [1.29, 1.82) is 0 Å². The number of aliphatic hydroxyl groups is 1. The molecule has 1 unspecified atom stereocenters. The van der Waals surface area contributed by atoms with Crippen LogP contribution in [0.2, 0.25) is 5.02 Å². The van der Waals surface area contributed by atoms with Gasteiger partial charge in [-0.25, -0.2) is 0 Å². The number of halogens is 1. The van der Waals surface area contributed by atoms with E-state index in [4.69, 9.17) is 11.6 Å². The lowest BCUT2D eigenvalue weighted by molar-refractivity contribution is 0.161. The topological polar surface area (TPSA) is 60.9 Å². The van der Waals surface area contributed by atoms with Crippen LogP contribution in [-0.2, 0) is 16.8 Å². The largest absolute Gasteiger partial charge is 0.396 e. The first-order chi connectivity index (χ1) is 9.93. The third kappa shape index (κ3) is 4.17. The Morgan fingerprint density at radius 2 is 2.05 bits per heavy atom. The van der Waals surface area contributed by atoms with Crippen molar-refractivity contribution in [1.82, 2.24) is 8.61 Å². The molecule has 1 heterocycles. The van der Waals surface area contributed by atoms with Crippen LogP contribution in [0.4, 0.5) is 0 Å². The van der Waals surface area contributed by atoms with Gasteiger partial charge in [0.15, 0.2) is 0 Å². The average molecular weight is 333 g/mol. The average Bonchev–Trinajstić information content (AvgIpc) is 2.49. The van der Waals surface area contributed by atoms with Gasteiger partial charge in [-0.3, -0.25) is 0 Å². The van der Waals surface area contributed by atoms with E-state index in [0.717, 1.165) is 18.4 Å². The molecular formula is C14H21ClN2O3S. The van der Waals surface area contributed by atoms with Gasteiger partial charge in [0, 0.05) is 38.3 Å². The SMILES string of the molecule is CN(Cc1ccc(Cl)cc1)S(=O)(=O)N1CCCC(CO)C1. The van der Waals surface area contributed by atoms with Crippen molar-refractivity contribution >= 4 is 21.8 Å². The number of hydrogen-bond acceptors (Lipinski definition) is 3. The lowest BCUT2D eigenvalue weighted by Crippen LogP contribution is -2.47. The van der Waals surface area contributed by atoms with Crippen LogP contribution in [0.3, 0.4) is 0 Å². The van der Waals surface area contributed by atoms with Crippen molar-refractivity contribution in [3.8, 4) is 0 Å². The molecule has 0 radical (unpaired) electrons. The molecule has 1 saturated heterocycles. The summed E-state index contributed by atoms with van der Waals surface area (Å²) in [6.07, 6.45) is 1.67. The molecule has 0 aliphatic carbocycles. The van der Waals surface area contributed by atoms with Crippen LogP contribution in [0, 0.1) is 5.92 Å². The van der Waals surface area contributed by atoms with Crippen LogP contribution >= 0.6 is 11.6 Å². The zero-order chi connectivity index (χ0) is 15.5. The third-order valence-electron chi connectivity index (χ3n) is 3.78. The second kappa shape index (κ2) is 7.07. The minimum atomic E-state index is -3.49. The first-order valence-corrected chi connectivity index (χ1v) is 8.77. The summed E-state index contributed by atoms with van der Waals surface area (Å²) >= 11 is 5.83. The predicted molar refractivity (Wildman–Crippen MR) is 83.2 cm³/mol. The number of benzene rings is 1. The highest BCUT2D eigenvalue weighted by Gasteiger charge is 2.31. The summed E-state index contributed by atoms with van der Waals surface area (Å²) in [5, 5.41) is 9.86. The summed E-state index contributed by atoms with van der Waals surface area (Å²) in [6.45, 7) is 1.25. The maximum absolute atomic E-state index is 12.6. The molecule has 1 aromatic carbocycles. The zero-order valence-electron chi connectivity index (χ0n) is 12.1. The Labute approximate surface area is 131 Å². The van der Waals surface area contributed by atoms with Gasteiger partial charge in [0.2, 0.25) is 0 Å². The molecule has 1 N–H and O–H groups in total. The molecule has 21 heavy (non-hydrogen) atoms. The number of hydrogen-bond donors (Lipinski definition) is 1. The highest BCUT2D eigenvalue weighted by molar-refractivity contribution is 7.86. The molecule has 118 valence electrons. The number of aliphatic hydroxyl groups excluding tert-OH is 1. The number of rotatable bonds is 5.